The van der Waals surface area contributed by atoms with Crippen LogP contribution in [-0.2, 0) is 6.42 Å². The average Bonchev–Trinajstić information content (AvgIpc) is 3.45. The Labute approximate surface area is 181 Å². The Kier molecular flexibility index (Phi) is 5.84. The molecular weight excluding hydrogens is 419 g/mol. The number of furan rings is 2. The van der Waals surface area contributed by atoms with E-state index >= 15 is 0 Å². The molecule has 4 rings (SSSR count). The number of nitrogens with zero attached hydrogens (tertiary/aromatic N) is 1. The van der Waals surface area contributed by atoms with Crippen molar-refractivity contribution in [2.24, 2.45) is 5.10 Å². The van der Waals surface area contributed by atoms with Crippen LogP contribution in [0.3, 0.4) is 0 Å². The minimum absolute atomic E-state index is 0.0183. The van der Waals surface area contributed by atoms with Crippen molar-refractivity contribution < 1.29 is 27.6 Å². The second-order valence-corrected chi connectivity index (χ2v) is 7.07. The number of hydrazone groups is 1. The highest BCUT2D eigenvalue weighted by molar-refractivity contribution is 6.07. The van der Waals surface area contributed by atoms with Gasteiger partial charge in [0.25, 0.3) is 5.91 Å². The first-order valence-corrected chi connectivity index (χ1v) is 9.84. The van der Waals surface area contributed by atoms with E-state index in [2.05, 4.69) is 21.4 Å². The van der Waals surface area contributed by atoms with Crippen LogP contribution < -0.4 is 16.3 Å². The molecule has 1 aliphatic carbocycles. The van der Waals surface area contributed by atoms with E-state index < -0.39 is 23.5 Å². The number of hydrogen-bond donors (Lipinski definition) is 3. The Morgan fingerprint density at radius 3 is 2.53 bits per heavy atom. The molecule has 2 heterocycles. The highest BCUT2D eigenvalue weighted by Crippen LogP contribution is 2.29. The van der Waals surface area contributed by atoms with Gasteiger partial charge in [0.05, 0.1) is 17.5 Å². The van der Waals surface area contributed by atoms with Crippen LogP contribution in [0.1, 0.15) is 61.2 Å². The monoisotopic (exact) mass is 438 g/mol. The molecule has 1 aromatic carbocycles. The van der Waals surface area contributed by atoms with Crippen molar-refractivity contribution in [2.45, 2.75) is 26.2 Å². The molecule has 3 N–H and O–H groups in total. The predicted octanol–water partition coefficient (Wildman–Crippen LogP) is 2.87. The summed E-state index contributed by atoms with van der Waals surface area (Å²) in [5.41, 5.74) is 8.45. The second-order valence-electron chi connectivity index (χ2n) is 7.07. The second kappa shape index (κ2) is 8.88. The van der Waals surface area contributed by atoms with Crippen LogP contribution >= 0.6 is 0 Å². The van der Waals surface area contributed by atoms with Gasteiger partial charge in [0.1, 0.15) is 11.6 Å². The van der Waals surface area contributed by atoms with Gasteiger partial charge < -0.3 is 8.83 Å². The Balaban J connectivity index is 1.50. The van der Waals surface area contributed by atoms with Crippen molar-refractivity contribution in [1.29, 1.82) is 0 Å². The summed E-state index contributed by atoms with van der Waals surface area (Å²) < 4.78 is 24.5. The molecule has 1 aliphatic rings. The summed E-state index contributed by atoms with van der Waals surface area (Å²) >= 11 is 0. The number of carbonyl (C=O) groups is 3. The molecule has 0 radical (unpaired) electrons. The summed E-state index contributed by atoms with van der Waals surface area (Å²) in [6, 6.07) is 8.60. The number of carbonyl (C=O) groups excluding carboxylic acids is 3. The number of rotatable bonds is 4. The molecule has 0 saturated heterocycles. The molecule has 32 heavy (non-hydrogen) atoms. The lowest BCUT2D eigenvalue weighted by atomic mass is 9.93. The van der Waals surface area contributed by atoms with E-state index in [1.165, 1.54) is 30.5 Å². The van der Waals surface area contributed by atoms with E-state index in [-0.39, 0.29) is 17.1 Å². The van der Waals surface area contributed by atoms with Gasteiger partial charge in [-0.3, -0.25) is 25.2 Å². The lowest BCUT2D eigenvalue weighted by Gasteiger charge is -2.13. The number of halogens is 1. The maximum absolute atomic E-state index is 13.8. The van der Waals surface area contributed by atoms with Crippen LogP contribution in [0.25, 0.3) is 0 Å². The standard InChI is InChI=1S/C22H19FN4O5/c1-12-18-15(24-25-20(28)13-6-2-3-7-14(13)23)8-4-9-16(18)32-19(12)22(30)27-26-21(29)17-10-5-11-31-17/h2-3,5-7,10-11H,4,8-9H2,1H3,(H,25,28)(H,26,29)(H,27,30)/b24-15+. The van der Waals surface area contributed by atoms with E-state index in [0.717, 1.165) is 0 Å². The van der Waals surface area contributed by atoms with Crippen LogP contribution in [0.15, 0.2) is 56.6 Å². The van der Waals surface area contributed by atoms with E-state index in [1.807, 2.05) is 0 Å². The Bertz CT molecular complexity index is 1210. The quantitative estimate of drug-likeness (QED) is 0.540. The summed E-state index contributed by atoms with van der Waals surface area (Å²) in [5, 5.41) is 4.16. The van der Waals surface area contributed by atoms with Gasteiger partial charge >= 0.3 is 11.8 Å². The Hall–Kier alpha value is -4.21. The van der Waals surface area contributed by atoms with Crippen LogP contribution in [-0.4, -0.2) is 23.4 Å². The normalized spacial score (nSPS) is 14.0. The maximum Gasteiger partial charge on any atom is 0.305 e. The third-order valence-electron chi connectivity index (χ3n) is 4.98. The minimum Gasteiger partial charge on any atom is -0.459 e. The molecule has 0 unspecified atom stereocenters. The molecule has 9 nitrogen and oxygen atoms in total. The van der Waals surface area contributed by atoms with Crippen molar-refractivity contribution >= 4 is 23.4 Å². The summed E-state index contributed by atoms with van der Waals surface area (Å²) in [4.78, 5) is 36.7. The first kappa shape index (κ1) is 21.0. The Morgan fingerprint density at radius 2 is 1.78 bits per heavy atom. The van der Waals surface area contributed by atoms with Gasteiger partial charge in [-0.15, -0.1) is 0 Å². The molecule has 0 saturated carbocycles. The van der Waals surface area contributed by atoms with Gasteiger partial charge in [0.15, 0.2) is 11.5 Å². The van der Waals surface area contributed by atoms with E-state index in [4.69, 9.17) is 8.83 Å². The predicted molar refractivity (Wildman–Crippen MR) is 110 cm³/mol. The van der Waals surface area contributed by atoms with Crippen molar-refractivity contribution in [3.63, 3.8) is 0 Å². The number of fused-ring (bicyclic) bond motifs is 1. The summed E-state index contributed by atoms with van der Waals surface area (Å²) in [6.45, 7) is 1.69. The van der Waals surface area contributed by atoms with Crippen molar-refractivity contribution in [2.75, 3.05) is 0 Å². The third kappa shape index (κ3) is 4.15. The van der Waals surface area contributed by atoms with Gasteiger partial charge in [-0.2, -0.15) is 5.10 Å². The van der Waals surface area contributed by atoms with Crippen molar-refractivity contribution in [3.05, 3.63) is 82.4 Å². The van der Waals surface area contributed by atoms with Crippen molar-refractivity contribution in [3.8, 4) is 0 Å². The smallest absolute Gasteiger partial charge is 0.305 e. The molecule has 0 aliphatic heterocycles. The van der Waals surface area contributed by atoms with Crippen LogP contribution in [0.5, 0.6) is 0 Å². The van der Waals surface area contributed by atoms with Crippen molar-refractivity contribution in [1.82, 2.24) is 16.3 Å². The molecule has 2 aromatic heterocycles. The molecule has 0 bridgehead atoms. The lowest BCUT2D eigenvalue weighted by molar-refractivity contribution is 0.0815. The fourth-order valence-electron chi connectivity index (χ4n) is 3.46. The summed E-state index contributed by atoms with van der Waals surface area (Å²) in [5.74, 6) is -1.98. The molecule has 10 heteroatoms. The fraction of sp³-hybridized carbons (Fsp3) is 0.182. The first-order chi connectivity index (χ1) is 15.5. The molecule has 0 spiro atoms. The highest BCUT2D eigenvalue weighted by Gasteiger charge is 2.28. The molecule has 0 fully saturated rings. The third-order valence-corrected chi connectivity index (χ3v) is 4.98. The van der Waals surface area contributed by atoms with E-state index in [9.17, 15) is 18.8 Å². The minimum atomic E-state index is -0.678. The largest absolute Gasteiger partial charge is 0.459 e. The van der Waals surface area contributed by atoms with Gasteiger partial charge in [-0.05, 0) is 44.0 Å². The van der Waals surface area contributed by atoms with Gasteiger partial charge in [-0.1, -0.05) is 12.1 Å². The molecule has 164 valence electrons. The fourth-order valence-corrected chi connectivity index (χ4v) is 3.46. The Morgan fingerprint density at radius 1 is 1.00 bits per heavy atom. The average molecular weight is 438 g/mol. The molecule has 0 atom stereocenters. The van der Waals surface area contributed by atoms with Gasteiger partial charge in [-0.25, -0.2) is 9.82 Å². The zero-order chi connectivity index (χ0) is 22.7. The number of benzene rings is 1. The maximum atomic E-state index is 13.8. The number of nitrogens with one attached hydrogen (secondary N) is 3. The van der Waals surface area contributed by atoms with Crippen LogP contribution in [0.2, 0.25) is 0 Å². The van der Waals surface area contributed by atoms with Gasteiger partial charge in [0, 0.05) is 17.5 Å². The van der Waals surface area contributed by atoms with Crippen LogP contribution in [0, 0.1) is 12.7 Å². The first-order valence-electron chi connectivity index (χ1n) is 9.84. The summed E-state index contributed by atoms with van der Waals surface area (Å²) in [6.07, 6.45) is 3.17. The summed E-state index contributed by atoms with van der Waals surface area (Å²) in [7, 11) is 0. The number of hydrogen-bond acceptors (Lipinski definition) is 6. The number of aryl methyl sites for hydroxylation is 1. The highest BCUT2D eigenvalue weighted by atomic mass is 19.1. The SMILES string of the molecule is Cc1c(C(=O)NNC(=O)c2ccco2)oc2c1/C(=N/NC(=O)c1ccccc1F)CCC2. The molecule has 3 aromatic rings. The zero-order valence-electron chi connectivity index (χ0n) is 17.0. The lowest BCUT2D eigenvalue weighted by Crippen LogP contribution is -2.41. The number of amides is 3. The number of hydrazine groups is 1. The van der Waals surface area contributed by atoms with Crippen LogP contribution in [0.4, 0.5) is 4.39 Å². The van der Waals surface area contributed by atoms with E-state index in [0.29, 0.717) is 41.9 Å². The van der Waals surface area contributed by atoms with E-state index in [1.54, 1.807) is 19.1 Å². The molecule has 3 amide bonds. The van der Waals surface area contributed by atoms with Gasteiger partial charge in [0.2, 0.25) is 0 Å². The zero-order valence-corrected chi connectivity index (χ0v) is 17.0. The topological polar surface area (TPSA) is 126 Å². The molecular formula is C22H19FN4O5.